The van der Waals surface area contributed by atoms with Crippen LogP contribution >= 0.6 is 0 Å². The fraction of sp³-hybridized carbons (Fsp3) is 0.176. The first-order chi connectivity index (χ1) is 11.5. The first kappa shape index (κ1) is 17.6. The molecule has 0 fully saturated rings. The Hall–Kier alpha value is -2.74. The highest BCUT2D eigenvalue weighted by molar-refractivity contribution is 6.02. The van der Waals surface area contributed by atoms with Crippen LogP contribution in [-0.2, 0) is 20.3 Å². The monoisotopic (exact) mass is 332 g/mol. The minimum Gasteiger partial charge on any atom is -0.449 e. The third-order valence-electron chi connectivity index (χ3n) is 3.24. The van der Waals surface area contributed by atoms with Crippen molar-refractivity contribution in [3.05, 3.63) is 65.7 Å². The van der Waals surface area contributed by atoms with Crippen LogP contribution in [0.15, 0.2) is 54.6 Å². The molecule has 2 aromatic rings. The van der Waals surface area contributed by atoms with E-state index in [1.165, 1.54) is 38.5 Å². The van der Waals surface area contributed by atoms with Gasteiger partial charge >= 0.3 is 6.16 Å². The summed E-state index contributed by atoms with van der Waals surface area (Å²) in [4.78, 5) is 33.5. The lowest BCUT2D eigenvalue weighted by atomic mass is 9.96. The summed E-state index contributed by atoms with van der Waals surface area (Å²) >= 11 is 0. The lowest BCUT2D eigenvalue weighted by Crippen LogP contribution is -2.40. The second-order valence-corrected chi connectivity index (χ2v) is 4.66. The van der Waals surface area contributed by atoms with Crippen LogP contribution in [0.3, 0.4) is 0 Å². The Morgan fingerprint density at radius 1 is 1.00 bits per heavy atom. The first-order valence-electron chi connectivity index (χ1n) is 6.91. The second-order valence-electron chi connectivity index (χ2n) is 4.66. The summed E-state index contributed by atoms with van der Waals surface area (Å²) in [7, 11) is 2.56. The number of carbonyl (C=O) groups is 2. The molecule has 0 amide bonds. The predicted molar refractivity (Wildman–Crippen MR) is 82.6 cm³/mol. The normalized spacial score (nSPS) is 13.1. The molecule has 126 valence electrons. The van der Waals surface area contributed by atoms with Crippen molar-refractivity contribution in [3.8, 4) is 5.75 Å². The molecule has 2 rings (SSSR count). The number of hydrogen-bond acceptors (Lipinski definition) is 6. The van der Waals surface area contributed by atoms with Crippen LogP contribution in [0.5, 0.6) is 5.75 Å². The predicted octanol–water partition coefficient (Wildman–Crippen LogP) is 3.00. The average molecular weight is 332 g/mol. The Morgan fingerprint density at radius 2 is 1.71 bits per heavy atom. The number of carbonyl (C=O) groups excluding carboxylic acids is 1. The topological polar surface area (TPSA) is 91.3 Å². The molecule has 1 N–H and O–H groups in total. The Kier molecular flexibility index (Phi) is 5.64. The van der Waals surface area contributed by atoms with Gasteiger partial charge in [-0.2, -0.15) is 4.89 Å². The molecule has 0 aliphatic heterocycles. The smallest absolute Gasteiger partial charge is 0.449 e. The number of carboxylic acid groups (broad SMARTS) is 1. The van der Waals surface area contributed by atoms with Gasteiger partial charge in [0.15, 0.2) is 0 Å². The van der Waals surface area contributed by atoms with Crippen molar-refractivity contribution in [2.24, 2.45) is 0 Å². The van der Waals surface area contributed by atoms with Crippen LogP contribution in [0.2, 0.25) is 0 Å². The molecule has 0 bridgehead atoms. The largest absolute Gasteiger partial charge is 0.511 e. The minimum absolute atomic E-state index is 0.00355. The number of ether oxygens (including phenoxy) is 2. The van der Waals surface area contributed by atoms with E-state index < -0.39 is 17.7 Å². The van der Waals surface area contributed by atoms with E-state index in [1.807, 2.05) is 0 Å². The molecule has 0 heterocycles. The van der Waals surface area contributed by atoms with Gasteiger partial charge < -0.3 is 14.6 Å². The number of ketones is 1. The van der Waals surface area contributed by atoms with Gasteiger partial charge in [-0.05, 0) is 12.1 Å². The van der Waals surface area contributed by atoms with E-state index in [0.29, 0.717) is 5.56 Å². The molecule has 0 aliphatic carbocycles. The van der Waals surface area contributed by atoms with Crippen molar-refractivity contribution in [1.29, 1.82) is 0 Å². The summed E-state index contributed by atoms with van der Waals surface area (Å²) in [5, 5.41) is 8.69. The molecule has 0 saturated carbocycles. The summed E-state index contributed by atoms with van der Waals surface area (Å²) in [5.74, 6) is -2.41. The molecule has 7 heteroatoms. The fourth-order valence-electron chi connectivity index (χ4n) is 2.23. The Bertz CT molecular complexity index is 714. The van der Waals surface area contributed by atoms with Crippen molar-refractivity contribution in [2.75, 3.05) is 14.2 Å². The lowest BCUT2D eigenvalue weighted by Gasteiger charge is -2.29. The highest BCUT2D eigenvalue weighted by Crippen LogP contribution is 2.32. The van der Waals surface area contributed by atoms with Crippen LogP contribution in [0.1, 0.15) is 15.9 Å². The molecule has 0 aliphatic rings. The first-order valence-corrected chi connectivity index (χ1v) is 6.91. The molecule has 1 unspecified atom stereocenters. The van der Waals surface area contributed by atoms with Gasteiger partial charge in [0.05, 0.1) is 7.11 Å². The van der Waals surface area contributed by atoms with E-state index in [-0.39, 0.29) is 11.3 Å². The maximum atomic E-state index is 13.0. The summed E-state index contributed by atoms with van der Waals surface area (Å²) < 4.78 is 9.92. The van der Waals surface area contributed by atoms with E-state index in [9.17, 15) is 9.59 Å². The van der Waals surface area contributed by atoms with Gasteiger partial charge in [0.25, 0.3) is 5.79 Å². The van der Waals surface area contributed by atoms with E-state index in [0.717, 1.165) is 0 Å². The van der Waals surface area contributed by atoms with E-state index in [1.54, 1.807) is 30.3 Å². The molecular weight excluding hydrogens is 316 g/mol. The van der Waals surface area contributed by atoms with Crippen LogP contribution in [-0.4, -0.2) is 31.3 Å². The number of rotatable bonds is 7. The van der Waals surface area contributed by atoms with Gasteiger partial charge in [0, 0.05) is 18.2 Å². The van der Waals surface area contributed by atoms with Gasteiger partial charge in [-0.3, -0.25) is 4.79 Å². The molecule has 7 nitrogen and oxygen atoms in total. The van der Waals surface area contributed by atoms with Crippen LogP contribution in [0.4, 0.5) is 4.79 Å². The third-order valence-corrected chi connectivity index (χ3v) is 3.24. The van der Waals surface area contributed by atoms with Crippen LogP contribution in [0.25, 0.3) is 0 Å². The zero-order valence-corrected chi connectivity index (χ0v) is 13.1. The number of benzene rings is 2. The molecule has 1 atom stereocenters. The Labute approximate surface area is 138 Å². The van der Waals surface area contributed by atoms with Crippen LogP contribution < -0.4 is 4.74 Å². The SMILES string of the molecule is COOC(OC)(C(=O)c1cccc(OC(=O)O)c1)c1ccccc1. The quantitative estimate of drug-likeness (QED) is 0.208. The molecule has 0 aromatic heterocycles. The summed E-state index contributed by atoms with van der Waals surface area (Å²) in [6, 6.07) is 14.2. The maximum absolute atomic E-state index is 13.0. The third kappa shape index (κ3) is 3.60. The Balaban J connectivity index is 2.47. The fourth-order valence-corrected chi connectivity index (χ4v) is 2.23. The zero-order valence-electron chi connectivity index (χ0n) is 13.1. The van der Waals surface area contributed by atoms with Gasteiger partial charge in [-0.1, -0.05) is 42.5 Å². The standard InChI is InChI=1S/C17H16O7/c1-21-17(24-22-2,13-8-4-3-5-9-13)15(18)12-7-6-10-14(11-12)23-16(19)20/h3-11H,1-2H3,(H,19,20). The van der Waals surface area contributed by atoms with E-state index in [2.05, 4.69) is 4.74 Å². The van der Waals surface area contributed by atoms with Crippen molar-refractivity contribution in [2.45, 2.75) is 5.79 Å². The average Bonchev–Trinajstić information content (AvgIpc) is 2.59. The maximum Gasteiger partial charge on any atom is 0.511 e. The van der Waals surface area contributed by atoms with Gasteiger partial charge in [0.2, 0.25) is 5.78 Å². The highest BCUT2D eigenvalue weighted by atomic mass is 17.2. The molecular formula is C17H16O7. The summed E-state index contributed by atoms with van der Waals surface area (Å²) in [5.41, 5.74) is 0.556. The lowest BCUT2D eigenvalue weighted by molar-refractivity contribution is -0.397. The summed E-state index contributed by atoms with van der Waals surface area (Å²) in [6.45, 7) is 0. The zero-order chi connectivity index (χ0) is 17.6. The van der Waals surface area contributed by atoms with Crippen molar-refractivity contribution in [1.82, 2.24) is 0 Å². The molecule has 0 saturated heterocycles. The van der Waals surface area contributed by atoms with Gasteiger partial charge in [-0.15, -0.1) is 0 Å². The van der Waals surface area contributed by atoms with Crippen molar-refractivity contribution in [3.63, 3.8) is 0 Å². The molecule has 24 heavy (non-hydrogen) atoms. The van der Waals surface area contributed by atoms with E-state index in [4.69, 9.17) is 19.6 Å². The summed E-state index contributed by atoms with van der Waals surface area (Å²) in [6.07, 6.45) is -1.48. The number of Topliss-reactive ketones (excluding diaryl/α,β-unsaturated/α-hetero) is 1. The Morgan fingerprint density at radius 3 is 2.29 bits per heavy atom. The van der Waals surface area contributed by atoms with Crippen molar-refractivity contribution >= 4 is 11.9 Å². The molecule has 2 aromatic carbocycles. The second kappa shape index (κ2) is 7.69. The van der Waals surface area contributed by atoms with Gasteiger partial charge in [0.1, 0.15) is 5.75 Å². The molecule has 0 spiro atoms. The number of hydrogen-bond donors (Lipinski definition) is 1. The number of methoxy groups -OCH3 is 1. The minimum atomic E-state index is -1.84. The molecule has 0 radical (unpaired) electrons. The van der Waals surface area contributed by atoms with Gasteiger partial charge in [-0.25, -0.2) is 9.68 Å². The highest BCUT2D eigenvalue weighted by Gasteiger charge is 2.44. The van der Waals surface area contributed by atoms with Crippen molar-refractivity contribution < 1.29 is 33.9 Å². The van der Waals surface area contributed by atoms with E-state index >= 15 is 0 Å². The van der Waals surface area contributed by atoms with Crippen LogP contribution in [0, 0.1) is 0 Å².